The molecule has 1 aromatic carbocycles. The first kappa shape index (κ1) is 18.0. The number of hydrogen-bond acceptors (Lipinski definition) is 6. The number of esters is 1. The lowest BCUT2D eigenvalue weighted by Gasteiger charge is -2.13. The van der Waals surface area contributed by atoms with Gasteiger partial charge in [-0.3, -0.25) is 14.2 Å². The summed E-state index contributed by atoms with van der Waals surface area (Å²) in [5.41, 5.74) is 0.0371. The fourth-order valence-corrected chi connectivity index (χ4v) is 3.26. The molecule has 1 aliphatic rings. The number of fused-ring (bicyclic) bond motifs is 1. The largest absolute Gasteiger partial charge is 0.497 e. The summed E-state index contributed by atoms with van der Waals surface area (Å²) < 4.78 is 14.3. The second kappa shape index (κ2) is 6.99. The molecule has 9 nitrogen and oxygen atoms in total. The van der Waals surface area contributed by atoms with Crippen LogP contribution >= 0.6 is 0 Å². The predicted octanol–water partition coefficient (Wildman–Crippen LogP) is 1.26. The lowest BCUT2D eigenvalue weighted by atomic mass is 10.3. The van der Waals surface area contributed by atoms with Crippen molar-refractivity contribution in [2.24, 2.45) is 0 Å². The number of methoxy groups -OCH3 is 1. The molecule has 0 bridgehead atoms. The fraction of sp³-hybridized carbons (Fsp3) is 0.368. The third-order valence-electron chi connectivity index (χ3n) is 4.68. The fourth-order valence-electron chi connectivity index (χ4n) is 3.26. The van der Waals surface area contributed by atoms with E-state index in [1.54, 1.807) is 31.2 Å². The van der Waals surface area contributed by atoms with Crippen molar-refractivity contribution >= 4 is 17.1 Å². The monoisotopic (exact) mass is 384 g/mol. The first-order valence-electron chi connectivity index (χ1n) is 9.07. The van der Waals surface area contributed by atoms with Crippen molar-refractivity contribution < 1.29 is 14.3 Å². The summed E-state index contributed by atoms with van der Waals surface area (Å²) in [4.78, 5) is 42.4. The summed E-state index contributed by atoms with van der Waals surface area (Å²) in [5.74, 6) is 0.103. The Morgan fingerprint density at radius 1 is 1.29 bits per heavy atom. The van der Waals surface area contributed by atoms with E-state index < -0.39 is 17.2 Å². The molecule has 0 amide bonds. The number of carbonyl (C=O) groups excluding carboxylic acids is 1. The third kappa shape index (κ3) is 2.98. The number of aromatic nitrogens is 4. The molecule has 0 N–H and O–H groups in total. The second-order valence-electron chi connectivity index (χ2n) is 6.58. The lowest BCUT2D eigenvalue weighted by molar-refractivity contribution is -0.143. The molecule has 0 aliphatic heterocycles. The molecule has 28 heavy (non-hydrogen) atoms. The Balaban J connectivity index is 1.99. The molecule has 9 heteroatoms. The van der Waals surface area contributed by atoms with E-state index in [1.165, 1.54) is 27.1 Å². The summed E-state index contributed by atoms with van der Waals surface area (Å²) >= 11 is 0. The van der Waals surface area contributed by atoms with Crippen LogP contribution in [-0.2, 0) is 16.1 Å². The molecule has 1 saturated carbocycles. The van der Waals surface area contributed by atoms with Crippen LogP contribution in [0.3, 0.4) is 0 Å². The average molecular weight is 384 g/mol. The van der Waals surface area contributed by atoms with Crippen molar-refractivity contribution in [1.29, 1.82) is 0 Å². The molecular weight excluding hydrogens is 364 g/mol. The highest BCUT2D eigenvalue weighted by molar-refractivity contribution is 5.76. The number of benzene rings is 1. The zero-order valence-corrected chi connectivity index (χ0v) is 15.6. The Kier molecular flexibility index (Phi) is 4.50. The minimum Gasteiger partial charge on any atom is -0.497 e. The molecular formula is C19H20N4O5. The molecule has 1 fully saturated rings. The van der Waals surface area contributed by atoms with E-state index in [0.29, 0.717) is 11.4 Å². The van der Waals surface area contributed by atoms with Gasteiger partial charge < -0.3 is 14.0 Å². The zero-order chi connectivity index (χ0) is 19.8. The van der Waals surface area contributed by atoms with Crippen LogP contribution in [0.25, 0.3) is 16.9 Å². The van der Waals surface area contributed by atoms with Crippen molar-refractivity contribution in [2.75, 3.05) is 13.7 Å². The number of ether oxygens (including phenoxy) is 2. The van der Waals surface area contributed by atoms with E-state index in [1.807, 2.05) is 0 Å². The molecule has 3 aromatic rings. The minimum atomic E-state index is -0.474. The van der Waals surface area contributed by atoms with Gasteiger partial charge in [0.15, 0.2) is 11.2 Å². The standard InChI is InChI=1S/C19H20N4O5/c1-3-28-15(24)10-21-11-20-17-16(21)18(25)23(12-7-8-12)19(26)22(17)13-5-4-6-14(9-13)27-2/h4-6,9,11-12H,3,7-8,10H2,1-2H3. The second-order valence-corrected chi connectivity index (χ2v) is 6.58. The SMILES string of the molecule is CCOC(=O)Cn1cnc2c1c(=O)n(C1CC1)c(=O)n2-c1cccc(OC)c1. The Morgan fingerprint density at radius 3 is 2.75 bits per heavy atom. The van der Waals surface area contributed by atoms with Gasteiger partial charge >= 0.3 is 11.7 Å². The van der Waals surface area contributed by atoms with E-state index in [9.17, 15) is 14.4 Å². The van der Waals surface area contributed by atoms with Crippen molar-refractivity contribution in [3.05, 3.63) is 51.4 Å². The highest BCUT2D eigenvalue weighted by Gasteiger charge is 2.30. The summed E-state index contributed by atoms with van der Waals surface area (Å²) in [5, 5.41) is 0. The van der Waals surface area contributed by atoms with Gasteiger partial charge in [0.1, 0.15) is 12.3 Å². The molecule has 0 saturated heterocycles. The van der Waals surface area contributed by atoms with Gasteiger partial charge in [0.2, 0.25) is 0 Å². The van der Waals surface area contributed by atoms with Crippen LogP contribution in [-0.4, -0.2) is 38.4 Å². The van der Waals surface area contributed by atoms with Crippen LogP contribution in [0.2, 0.25) is 0 Å². The van der Waals surface area contributed by atoms with Gasteiger partial charge in [0.05, 0.1) is 25.7 Å². The van der Waals surface area contributed by atoms with Crippen LogP contribution in [0.5, 0.6) is 5.75 Å². The van der Waals surface area contributed by atoms with Crippen LogP contribution < -0.4 is 16.0 Å². The van der Waals surface area contributed by atoms with Gasteiger partial charge in [-0.05, 0) is 31.9 Å². The summed E-state index contributed by atoms with van der Waals surface area (Å²) in [7, 11) is 1.54. The maximum absolute atomic E-state index is 13.2. The Morgan fingerprint density at radius 2 is 2.07 bits per heavy atom. The smallest absolute Gasteiger partial charge is 0.337 e. The first-order valence-corrected chi connectivity index (χ1v) is 9.07. The summed E-state index contributed by atoms with van der Waals surface area (Å²) in [6.45, 7) is 1.80. The average Bonchev–Trinajstić information content (AvgIpc) is 3.43. The predicted molar refractivity (Wildman–Crippen MR) is 101 cm³/mol. The Hall–Kier alpha value is -3.36. The molecule has 0 unspecified atom stereocenters. The van der Waals surface area contributed by atoms with E-state index in [0.717, 1.165) is 12.8 Å². The van der Waals surface area contributed by atoms with Crippen LogP contribution in [0.1, 0.15) is 25.8 Å². The molecule has 0 spiro atoms. The highest BCUT2D eigenvalue weighted by atomic mass is 16.5. The van der Waals surface area contributed by atoms with Gasteiger partial charge in [0.25, 0.3) is 5.56 Å². The topological polar surface area (TPSA) is 97.4 Å². The third-order valence-corrected chi connectivity index (χ3v) is 4.68. The van der Waals surface area contributed by atoms with Gasteiger partial charge in [0, 0.05) is 12.1 Å². The van der Waals surface area contributed by atoms with Gasteiger partial charge in [-0.25, -0.2) is 14.3 Å². The van der Waals surface area contributed by atoms with E-state index in [4.69, 9.17) is 9.47 Å². The molecule has 0 atom stereocenters. The highest BCUT2D eigenvalue weighted by Crippen LogP contribution is 2.32. The summed E-state index contributed by atoms with van der Waals surface area (Å²) in [6.07, 6.45) is 2.92. The maximum Gasteiger partial charge on any atom is 0.337 e. The maximum atomic E-state index is 13.2. The normalized spacial score (nSPS) is 13.6. The van der Waals surface area contributed by atoms with Gasteiger partial charge in [-0.15, -0.1) is 0 Å². The van der Waals surface area contributed by atoms with Crippen LogP contribution in [0, 0.1) is 0 Å². The number of nitrogens with zero attached hydrogens (tertiary/aromatic N) is 4. The molecule has 1 aliphatic carbocycles. The first-order chi connectivity index (χ1) is 13.5. The molecule has 2 aromatic heterocycles. The lowest BCUT2D eigenvalue weighted by Crippen LogP contribution is -2.39. The number of carbonyl (C=O) groups is 1. The van der Waals surface area contributed by atoms with Gasteiger partial charge in [-0.2, -0.15) is 0 Å². The molecule has 2 heterocycles. The zero-order valence-electron chi connectivity index (χ0n) is 15.6. The minimum absolute atomic E-state index is 0.132. The number of hydrogen-bond donors (Lipinski definition) is 0. The molecule has 0 radical (unpaired) electrons. The summed E-state index contributed by atoms with van der Waals surface area (Å²) in [6, 6.07) is 6.84. The van der Waals surface area contributed by atoms with Crippen molar-refractivity contribution in [1.82, 2.24) is 18.7 Å². The van der Waals surface area contributed by atoms with Crippen LogP contribution in [0.4, 0.5) is 0 Å². The molecule has 4 rings (SSSR count). The Bertz CT molecular complexity index is 1170. The van der Waals surface area contributed by atoms with Crippen molar-refractivity contribution in [3.63, 3.8) is 0 Å². The van der Waals surface area contributed by atoms with E-state index in [2.05, 4.69) is 4.98 Å². The van der Waals surface area contributed by atoms with Crippen molar-refractivity contribution in [2.45, 2.75) is 32.4 Å². The van der Waals surface area contributed by atoms with E-state index in [-0.39, 0.29) is 30.4 Å². The van der Waals surface area contributed by atoms with Gasteiger partial charge in [-0.1, -0.05) is 6.07 Å². The quantitative estimate of drug-likeness (QED) is 0.594. The number of rotatable bonds is 6. The number of imidazole rings is 1. The van der Waals surface area contributed by atoms with Crippen molar-refractivity contribution in [3.8, 4) is 11.4 Å². The molecule has 146 valence electrons. The van der Waals surface area contributed by atoms with Crippen LogP contribution in [0.15, 0.2) is 40.2 Å². The van der Waals surface area contributed by atoms with E-state index >= 15 is 0 Å². The Labute approximate surface area is 159 Å².